The molecule has 0 aromatic heterocycles. The average Bonchev–Trinajstić information content (AvgIpc) is 3.03. The van der Waals surface area contributed by atoms with Crippen molar-refractivity contribution >= 4 is 23.1 Å². The van der Waals surface area contributed by atoms with Crippen LogP contribution in [0.3, 0.4) is 0 Å². The van der Waals surface area contributed by atoms with Gasteiger partial charge in [0, 0.05) is 5.69 Å². The third-order valence-corrected chi connectivity index (χ3v) is 5.31. The molecule has 0 unspecified atom stereocenters. The highest BCUT2D eigenvalue weighted by Crippen LogP contribution is 2.33. The number of hydrogen-bond donors (Lipinski definition) is 1. The van der Waals surface area contributed by atoms with Crippen molar-refractivity contribution in [3.63, 3.8) is 0 Å². The second-order valence-corrected chi connectivity index (χ2v) is 7.50. The third-order valence-electron chi connectivity index (χ3n) is 5.31. The van der Waals surface area contributed by atoms with Crippen molar-refractivity contribution in [2.45, 2.75) is 13.5 Å². The third kappa shape index (κ3) is 4.07. The lowest BCUT2D eigenvalue weighted by Gasteiger charge is -2.17. The molecule has 0 aliphatic carbocycles. The van der Waals surface area contributed by atoms with Crippen LogP contribution < -0.4 is 14.8 Å². The van der Waals surface area contributed by atoms with Gasteiger partial charge in [0.25, 0.3) is 11.8 Å². The van der Waals surface area contributed by atoms with Gasteiger partial charge in [0.15, 0.2) is 11.5 Å². The first kappa shape index (κ1) is 21.2. The predicted molar refractivity (Wildman–Crippen MR) is 123 cm³/mol. The van der Waals surface area contributed by atoms with Gasteiger partial charge in [0.2, 0.25) is 0 Å². The van der Waals surface area contributed by atoms with Crippen LogP contribution in [0.5, 0.6) is 11.5 Å². The number of nitrogens with one attached hydrogen (secondary N) is 1. The number of carbonyl (C=O) groups excluding carboxylic acids is 2. The summed E-state index contributed by atoms with van der Waals surface area (Å²) in [5.41, 5.74) is 3.88. The fraction of sp³-hybridized carbons (Fsp3) is 0.154. The summed E-state index contributed by atoms with van der Waals surface area (Å²) in [5, 5.41) is 3.19. The van der Waals surface area contributed by atoms with Crippen molar-refractivity contribution < 1.29 is 19.1 Å². The average molecular weight is 428 g/mol. The van der Waals surface area contributed by atoms with Crippen LogP contribution in [0, 0.1) is 6.92 Å². The number of hydrogen-bond acceptors (Lipinski definition) is 5. The Morgan fingerprint density at radius 1 is 0.812 bits per heavy atom. The molecule has 3 aromatic rings. The number of carbonyl (C=O) groups is 2. The van der Waals surface area contributed by atoms with Crippen molar-refractivity contribution in [1.82, 2.24) is 4.90 Å². The monoisotopic (exact) mass is 428 g/mol. The normalized spacial score (nSPS) is 13.5. The van der Waals surface area contributed by atoms with Crippen LogP contribution in [-0.2, 0) is 16.1 Å². The van der Waals surface area contributed by atoms with Crippen LogP contribution >= 0.6 is 0 Å². The summed E-state index contributed by atoms with van der Waals surface area (Å²) in [6.07, 6.45) is 0. The Bertz CT molecular complexity index is 1200. The Balaban J connectivity index is 1.70. The molecule has 0 saturated heterocycles. The molecule has 0 bridgehead atoms. The summed E-state index contributed by atoms with van der Waals surface area (Å²) in [6.45, 7) is 2.09. The van der Waals surface area contributed by atoms with E-state index >= 15 is 0 Å². The van der Waals surface area contributed by atoms with Gasteiger partial charge in [-0.2, -0.15) is 0 Å². The molecule has 4 rings (SSSR count). The standard InChI is InChI=1S/C26H24N2O4/c1-17-8-7-11-20(14-17)27-24-23(19-9-5-4-6-10-19)25(29)28(26(24)30)16-18-12-13-21(31-2)22(15-18)32-3/h4-15,27H,16H2,1-3H3. The van der Waals surface area contributed by atoms with Crippen molar-refractivity contribution in [3.8, 4) is 11.5 Å². The molecule has 0 radical (unpaired) electrons. The van der Waals surface area contributed by atoms with E-state index in [9.17, 15) is 9.59 Å². The van der Waals surface area contributed by atoms with Gasteiger partial charge in [-0.25, -0.2) is 0 Å². The highest BCUT2D eigenvalue weighted by Gasteiger charge is 2.39. The van der Waals surface area contributed by atoms with Crippen LogP contribution in [0.25, 0.3) is 5.57 Å². The fourth-order valence-corrected chi connectivity index (χ4v) is 3.74. The zero-order valence-corrected chi connectivity index (χ0v) is 18.2. The molecule has 0 atom stereocenters. The van der Waals surface area contributed by atoms with E-state index in [-0.39, 0.29) is 24.1 Å². The Labute approximate surface area is 187 Å². The van der Waals surface area contributed by atoms with Crippen LogP contribution in [-0.4, -0.2) is 30.9 Å². The fourth-order valence-electron chi connectivity index (χ4n) is 3.74. The summed E-state index contributed by atoms with van der Waals surface area (Å²) in [5.74, 6) is 0.412. The van der Waals surface area contributed by atoms with Crippen LogP contribution in [0.15, 0.2) is 78.5 Å². The van der Waals surface area contributed by atoms with Gasteiger partial charge in [-0.15, -0.1) is 0 Å². The van der Waals surface area contributed by atoms with Gasteiger partial charge in [-0.3, -0.25) is 14.5 Å². The van der Waals surface area contributed by atoms with Crippen molar-refractivity contribution in [3.05, 3.63) is 95.2 Å². The zero-order chi connectivity index (χ0) is 22.7. The topological polar surface area (TPSA) is 67.9 Å². The van der Waals surface area contributed by atoms with Crippen LogP contribution in [0.1, 0.15) is 16.7 Å². The molecular formula is C26H24N2O4. The SMILES string of the molecule is COc1ccc(CN2C(=O)C(Nc3cccc(C)c3)=C(c3ccccc3)C2=O)cc1OC. The molecule has 2 amide bonds. The predicted octanol–water partition coefficient (Wildman–Crippen LogP) is 4.40. The van der Waals surface area contributed by atoms with Gasteiger partial charge in [-0.1, -0.05) is 48.5 Å². The molecule has 1 N–H and O–H groups in total. The number of ether oxygens (including phenoxy) is 2. The number of aryl methyl sites for hydroxylation is 1. The maximum Gasteiger partial charge on any atom is 0.278 e. The molecule has 32 heavy (non-hydrogen) atoms. The minimum Gasteiger partial charge on any atom is -0.493 e. The van der Waals surface area contributed by atoms with E-state index in [0.29, 0.717) is 22.6 Å². The smallest absolute Gasteiger partial charge is 0.278 e. The molecule has 0 fully saturated rings. The molecular weight excluding hydrogens is 404 g/mol. The molecule has 6 heteroatoms. The highest BCUT2D eigenvalue weighted by molar-refractivity contribution is 6.36. The second kappa shape index (κ2) is 8.98. The van der Waals surface area contributed by atoms with E-state index in [2.05, 4.69) is 5.32 Å². The Hall–Kier alpha value is -4.06. The summed E-state index contributed by atoms with van der Waals surface area (Å²) in [6, 6.07) is 22.3. The lowest BCUT2D eigenvalue weighted by atomic mass is 10.0. The van der Waals surface area contributed by atoms with Gasteiger partial charge < -0.3 is 14.8 Å². The van der Waals surface area contributed by atoms with E-state index in [1.807, 2.05) is 67.6 Å². The summed E-state index contributed by atoms with van der Waals surface area (Å²) in [4.78, 5) is 28.1. The zero-order valence-electron chi connectivity index (χ0n) is 18.2. The minimum absolute atomic E-state index is 0.118. The Kier molecular flexibility index (Phi) is 5.94. The molecule has 0 saturated carbocycles. The lowest BCUT2D eigenvalue weighted by Crippen LogP contribution is -2.32. The Morgan fingerprint density at radius 2 is 1.56 bits per heavy atom. The first-order valence-corrected chi connectivity index (χ1v) is 10.2. The molecule has 1 heterocycles. The second-order valence-electron chi connectivity index (χ2n) is 7.50. The summed E-state index contributed by atoms with van der Waals surface area (Å²) >= 11 is 0. The summed E-state index contributed by atoms with van der Waals surface area (Å²) in [7, 11) is 3.11. The van der Waals surface area contributed by atoms with Crippen molar-refractivity contribution in [1.29, 1.82) is 0 Å². The van der Waals surface area contributed by atoms with Crippen molar-refractivity contribution in [2.75, 3.05) is 19.5 Å². The van der Waals surface area contributed by atoms with E-state index in [0.717, 1.165) is 16.8 Å². The van der Waals surface area contributed by atoms with E-state index in [1.165, 1.54) is 4.90 Å². The first-order valence-electron chi connectivity index (χ1n) is 10.2. The number of amides is 2. The van der Waals surface area contributed by atoms with E-state index in [1.54, 1.807) is 26.4 Å². The van der Waals surface area contributed by atoms with Gasteiger partial charge >= 0.3 is 0 Å². The maximum atomic E-state index is 13.4. The lowest BCUT2D eigenvalue weighted by molar-refractivity contribution is -0.137. The minimum atomic E-state index is -0.370. The number of rotatable bonds is 7. The molecule has 6 nitrogen and oxygen atoms in total. The summed E-state index contributed by atoms with van der Waals surface area (Å²) < 4.78 is 10.6. The quantitative estimate of drug-likeness (QED) is 0.565. The van der Waals surface area contributed by atoms with Gasteiger partial charge in [-0.05, 0) is 47.9 Å². The highest BCUT2D eigenvalue weighted by atomic mass is 16.5. The van der Waals surface area contributed by atoms with Crippen LogP contribution in [0.4, 0.5) is 5.69 Å². The molecule has 162 valence electrons. The number of nitrogens with zero attached hydrogens (tertiary/aromatic N) is 1. The van der Waals surface area contributed by atoms with E-state index < -0.39 is 0 Å². The molecule has 3 aromatic carbocycles. The van der Waals surface area contributed by atoms with E-state index in [4.69, 9.17) is 9.47 Å². The molecule has 0 spiro atoms. The molecule has 1 aliphatic rings. The number of imide groups is 1. The number of methoxy groups -OCH3 is 2. The number of benzene rings is 3. The Morgan fingerprint density at radius 3 is 2.25 bits per heavy atom. The van der Waals surface area contributed by atoms with Gasteiger partial charge in [0.1, 0.15) is 5.70 Å². The largest absolute Gasteiger partial charge is 0.493 e. The molecule has 1 aliphatic heterocycles. The number of anilines is 1. The first-order chi connectivity index (χ1) is 15.5. The van der Waals surface area contributed by atoms with Gasteiger partial charge in [0.05, 0.1) is 26.3 Å². The maximum absolute atomic E-state index is 13.4. The van der Waals surface area contributed by atoms with Crippen molar-refractivity contribution in [2.24, 2.45) is 0 Å². The van der Waals surface area contributed by atoms with Crippen LogP contribution in [0.2, 0.25) is 0 Å².